The van der Waals surface area contributed by atoms with Gasteiger partial charge in [0.2, 0.25) is 0 Å². The average Bonchev–Trinajstić information content (AvgIpc) is 2.37. The second-order valence-electron chi connectivity index (χ2n) is 5.50. The lowest BCUT2D eigenvalue weighted by Gasteiger charge is -2.32. The Balaban J connectivity index is 2.25. The first-order valence-electron chi connectivity index (χ1n) is 7.30. The molecule has 0 radical (unpaired) electrons. The summed E-state index contributed by atoms with van der Waals surface area (Å²) in [7, 11) is 0. The molecule has 1 rings (SSSR count). The molecule has 5 heteroatoms. The van der Waals surface area contributed by atoms with Gasteiger partial charge in [0.1, 0.15) is 0 Å². The van der Waals surface area contributed by atoms with Gasteiger partial charge >= 0.3 is 12.0 Å². The van der Waals surface area contributed by atoms with Crippen molar-refractivity contribution < 1.29 is 14.7 Å². The van der Waals surface area contributed by atoms with Crippen LogP contribution in [0.3, 0.4) is 0 Å². The topological polar surface area (TPSA) is 69.6 Å². The molecular weight excluding hydrogens is 244 g/mol. The third kappa shape index (κ3) is 5.94. The van der Waals surface area contributed by atoms with Gasteiger partial charge < -0.3 is 15.3 Å². The maximum atomic E-state index is 12.0. The van der Waals surface area contributed by atoms with Crippen LogP contribution >= 0.6 is 0 Å². The molecule has 0 aromatic rings. The van der Waals surface area contributed by atoms with Crippen molar-refractivity contribution in [2.24, 2.45) is 5.92 Å². The first kappa shape index (κ1) is 15.8. The third-order valence-corrected chi connectivity index (χ3v) is 3.76. The maximum Gasteiger partial charge on any atom is 0.317 e. The minimum Gasteiger partial charge on any atom is -0.481 e. The van der Waals surface area contributed by atoms with Gasteiger partial charge in [0.05, 0.1) is 0 Å². The van der Waals surface area contributed by atoms with Crippen LogP contribution in [0.2, 0.25) is 0 Å². The van der Waals surface area contributed by atoms with Crippen molar-refractivity contribution in [1.82, 2.24) is 10.2 Å². The van der Waals surface area contributed by atoms with Gasteiger partial charge in [-0.15, -0.1) is 0 Å². The summed E-state index contributed by atoms with van der Waals surface area (Å²) in [6.07, 6.45) is 5.22. The molecule has 0 spiro atoms. The number of likely N-dealkylation sites (tertiary alicyclic amines) is 1. The summed E-state index contributed by atoms with van der Waals surface area (Å²) >= 11 is 0. The summed E-state index contributed by atoms with van der Waals surface area (Å²) in [5.41, 5.74) is 0. The number of nitrogens with zero attached hydrogens (tertiary/aromatic N) is 1. The lowest BCUT2D eigenvalue weighted by atomic mass is 9.93. The summed E-state index contributed by atoms with van der Waals surface area (Å²) in [5.74, 6) is -0.0556. The van der Waals surface area contributed by atoms with Crippen LogP contribution in [0, 0.1) is 5.92 Å². The lowest BCUT2D eigenvalue weighted by molar-refractivity contribution is -0.137. The Bertz CT molecular complexity index is 299. The quantitative estimate of drug-likeness (QED) is 0.779. The number of carbonyl (C=O) groups is 2. The zero-order chi connectivity index (χ0) is 14.3. The predicted octanol–water partition coefficient (Wildman–Crippen LogP) is 2.46. The van der Waals surface area contributed by atoms with Gasteiger partial charge in [0.15, 0.2) is 0 Å². The van der Waals surface area contributed by atoms with Crippen LogP contribution in [0.15, 0.2) is 0 Å². The Labute approximate surface area is 115 Å². The van der Waals surface area contributed by atoms with E-state index >= 15 is 0 Å². The zero-order valence-corrected chi connectivity index (χ0v) is 12.0. The summed E-state index contributed by atoms with van der Waals surface area (Å²) in [4.78, 5) is 24.3. The van der Waals surface area contributed by atoms with E-state index in [1.54, 1.807) is 0 Å². The number of piperidine rings is 1. The van der Waals surface area contributed by atoms with Crippen molar-refractivity contribution in [2.75, 3.05) is 13.1 Å². The minimum absolute atomic E-state index is 0.0483. The SMILES string of the molecule is CCCC1CCN(C(=O)NC(C)CCC(=O)O)CC1. The lowest BCUT2D eigenvalue weighted by Crippen LogP contribution is -2.47. The molecule has 1 unspecified atom stereocenters. The van der Waals surface area contributed by atoms with Crippen LogP contribution in [-0.2, 0) is 4.79 Å². The zero-order valence-electron chi connectivity index (χ0n) is 12.0. The third-order valence-electron chi connectivity index (χ3n) is 3.76. The molecule has 19 heavy (non-hydrogen) atoms. The number of urea groups is 1. The standard InChI is InChI=1S/C14H26N2O3/c1-3-4-12-7-9-16(10-8-12)14(19)15-11(2)5-6-13(17)18/h11-12H,3-10H2,1-2H3,(H,15,19)(H,17,18). The smallest absolute Gasteiger partial charge is 0.317 e. The van der Waals surface area contributed by atoms with Crippen molar-refractivity contribution in [1.29, 1.82) is 0 Å². The number of carbonyl (C=O) groups excluding carboxylic acids is 1. The number of carboxylic acids is 1. The minimum atomic E-state index is -0.818. The van der Waals surface area contributed by atoms with E-state index in [9.17, 15) is 9.59 Å². The molecule has 5 nitrogen and oxygen atoms in total. The van der Waals surface area contributed by atoms with Crippen LogP contribution in [0.25, 0.3) is 0 Å². The van der Waals surface area contributed by atoms with E-state index in [1.807, 2.05) is 11.8 Å². The summed E-state index contributed by atoms with van der Waals surface area (Å²) < 4.78 is 0. The molecule has 2 N–H and O–H groups in total. The Morgan fingerprint density at radius 2 is 2.00 bits per heavy atom. The van der Waals surface area contributed by atoms with Crippen molar-refractivity contribution >= 4 is 12.0 Å². The van der Waals surface area contributed by atoms with Crippen LogP contribution in [0.1, 0.15) is 52.4 Å². The van der Waals surface area contributed by atoms with E-state index in [0.717, 1.165) is 31.8 Å². The van der Waals surface area contributed by atoms with Gasteiger partial charge in [-0.05, 0) is 32.1 Å². The molecule has 0 saturated carbocycles. The number of carboxylic acid groups (broad SMARTS) is 1. The average molecular weight is 270 g/mol. The number of amides is 2. The fourth-order valence-electron chi connectivity index (χ4n) is 2.55. The monoisotopic (exact) mass is 270 g/mol. The molecule has 0 aromatic carbocycles. The molecule has 1 aliphatic heterocycles. The Morgan fingerprint density at radius 3 is 2.53 bits per heavy atom. The Morgan fingerprint density at radius 1 is 1.37 bits per heavy atom. The summed E-state index contributed by atoms with van der Waals surface area (Å²) in [6, 6.07) is -0.134. The molecule has 0 aliphatic carbocycles. The fourth-order valence-corrected chi connectivity index (χ4v) is 2.55. The molecule has 110 valence electrons. The number of hydrogen-bond donors (Lipinski definition) is 2. The van der Waals surface area contributed by atoms with E-state index < -0.39 is 5.97 Å². The maximum absolute atomic E-state index is 12.0. The number of aliphatic carboxylic acids is 1. The highest BCUT2D eigenvalue weighted by molar-refractivity contribution is 5.74. The number of rotatable bonds is 6. The molecular formula is C14H26N2O3. The number of hydrogen-bond acceptors (Lipinski definition) is 2. The molecule has 0 aromatic heterocycles. The van der Waals surface area contributed by atoms with Gasteiger partial charge in [-0.2, -0.15) is 0 Å². The molecule has 1 saturated heterocycles. The van der Waals surface area contributed by atoms with Gasteiger partial charge in [0.25, 0.3) is 0 Å². The van der Waals surface area contributed by atoms with E-state index in [2.05, 4.69) is 12.2 Å². The highest BCUT2D eigenvalue weighted by atomic mass is 16.4. The van der Waals surface area contributed by atoms with Crippen molar-refractivity contribution in [3.8, 4) is 0 Å². The highest BCUT2D eigenvalue weighted by Gasteiger charge is 2.22. The molecule has 2 amide bonds. The van der Waals surface area contributed by atoms with E-state index in [4.69, 9.17) is 5.11 Å². The molecule has 1 fully saturated rings. The number of nitrogens with one attached hydrogen (secondary N) is 1. The van der Waals surface area contributed by atoms with Gasteiger partial charge in [0, 0.05) is 25.6 Å². The fraction of sp³-hybridized carbons (Fsp3) is 0.857. The van der Waals surface area contributed by atoms with Crippen molar-refractivity contribution in [3.05, 3.63) is 0 Å². The second-order valence-corrected chi connectivity index (χ2v) is 5.50. The van der Waals surface area contributed by atoms with Crippen LogP contribution in [0.5, 0.6) is 0 Å². The van der Waals surface area contributed by atoms with Gasteiger partial charge in [-0.1, -0.05) is 19.8 Å². The normalized spacial score (nSPS) is 18.1. The summed E-state index contributed by atoms with van der Waals surface area (Å²) in [6.45, 7) is 5.69. The summed E-state index contributed by atoms with van der Waals surface area (Å²) in [5, 5.41) is 11.5. The van der Waals surface area contributed by atoms with Crippen LogP contribution in [-0.4, -0.2) is 41.1 Å². The van der Waals surface area contributed by atoms with Crippen molar-refractivity contribution in [3.63, 3.8) is 0 Å². The van der Waals surface area contributed by atoms with Crippen molar-refractivity contribution in [2.45, 2.75) is 58.4 Å². The predicted molar refractivity (Wildman–Crippen MR) is 74.1 cm³/mol. The molecule has 1 heterocycles. The second kappa shape index (κ2) is 8.02. The molecule has 0 bridgehead atoms. The van der Waals surface area contributed by atoms with Crippen LogP contribution in [0.4, 0.5) is 4.79 Å². The van der Waals surface area contributed by atoms with E-state index in [1.165, 1.54) is 12.8 Å². The van der Waals surface area contributed by atoms with Gasteiger partial charge in [-0.25, -0.2) is 4.79 Å². The van der Waals surface area contributed by atoms with Crippen LogP contribution < -0.4 is 5.32 Å². The molecule has 1 atom stereocenters. The Hall–Kier alpha value is -1.26. The first-order valence-corrected chi connectivity index (χ1v) is 7.30. The largest absolute Gasteiger partial charge is 0.481 e. The van der Waals surface area contributed by atoms with E-state index in [-0.39, 0.29) is 18.5 Å². The first-order chi connectivity index (χ1) is 9.02. The van der Waals surface area contributed by atoms with E-state index in [0.29, 0.717) is 6.42 Å². The Kier molecular flexibility index (Phi) is 6.67. The highest BCUT2D eigenvalue weighted by Crippen LogP contribution is 2.21. The molecule has 1 aliphatic rings. The van der Waals surface area contributed by atoms with Gasteiger partial charge in [-0.3, -0.25) is 4.79 Å².